The van der Waals surface area contributed by atoms with Gasteiger partial charge >= 0.3 is 0 Å². The number of halogens is 2. The predicted molar refractivity (Wildman–Crippen MR) is 108 cm³/mol. The van der Waals surface area contributed by atoms with Crippen molar-refractivity contribution in [3.05, 3.63) is 64.4 Å². The molecule has 1 aliphatic rings. The lowest BCUT2D eigenvalue weighted by Crippen LogP contribution is -2.41. The summed E-state index contributed by atoms with van der Waals surface area (Å²) in [5, 5.41) is 3.44. The number of anilines is 1. The smallest absolute Gasteiger partial charge is 0.227 e. The lowest BCUT2D eigenvalue weighted by molar-refractivity contribution is -0.120. The predicted octanol–water partition coefficient (Wildman–Crippen LogP) is 3.97. The summed E-state index contributed by atoms with van der Waals surface area (Å²) in [4.78, 5) is 12.6. The van der Waals surface area contributed by atoms with Gasteiger partial charge in [0.25, 0.3) is 0 Å². The van der Waals surface area contributed by atoms with Gasteiger partial charge < -0.3 is 5.32 Å². The SMILES string of the molecule is Cc1ccc(Cl)cc1NC(=O)C1CCN(S(=O)(=O)Cc2ccc(F)cc2)CC1. The van der Waals surface area contributed by atoms with Gasteiger partial charge in [0.05, 0.1) is 5.75 Å². The van der Waals surface area contributed by atoms with Gasteiger partial charge in [0.2, 0.25) is 15.9 Å². The molecular formula is C20H22ClFN2O3S. The number of nitrogens with zero attached hydrogens (tertiary/aromatic N) is 1. The monoisotopic (exact) mass is 424 g/mol. The molecule has 1 N–H and O–H groups in total. The van der Waals surface area contributed by atoms with Crippen molar-refractivity contribution in [2.75, 3.05) is 18.4 Å². The topological polar surface area (TPSA) is 66.5 Å². The van der Waals surface area contributed by atoms with E-state index < -0.39 is 15.8 Å². The summed E-state index contributed by atoms with van der Waals surface area (Å²) in [5.74, 6) is -0.953. The Bertz CT molecular complexity index is 956. The molecule has 1 amide bonds. The van der Waals surface area contributed by atoms with Gasteiger partial charge in [-0.15, -0.1) is 0 Å². The van der Waals surface area contributed by atoms with Crippen molar-refractivity contribution in [2.45, 2.75) is 25.5 Å². The third kappa shape index (κ3) is 5.10. The Kier molecular flexibility index (Phi) is 6.37. The normalized spacial score (nSPS) is 16.1. The van der Waals surface area contributed by atoms with E-state index in [4.69, 9.17) is 11.6 Å². The summed E-state index contributed by atoms with van der Waals surface area (Å²) < 4.78 is 39.6. The zero-order chi connectivity index (χ0) is 20.3. The first-order valence-electron chi connectivity index (χ1n) is 9.04. The molecule has 5 nitrogen and oxygen atoms in total. The second-order valence-corrected chi connectivity index (χ2v) is 9.41. The van der Waals surface area contributed by atoms with Crippen LogP contribution in [-0.4, -0.2) is 31.7 Å². The molecule has 0 unspecified atom stereocenters. The molecule has 1 heterocycles. The molecule has 0 aliphatic carbocycles. The number of piperidine rings is 1. The van der Waals surface area contributed by atoms with Crippen molar-refractivity contribution in [1.82, 2.24) is 4.31 Å². The summed E-state index contributed by atoms with van der Waals surface area (Å²) in [5.41, 5.74) is 2.12. The summed E-state index contributed by atoms with van der Waals surface area (Å²) in [6.45, 7) is 2.46. The molecule has 1 fully saturated rings. The molecule has 2 aromatic rings. The van der Waals surface area contributed by atoms with Gasteiger partial charge in [0.1, 0.15) is 5.82 Å². The second-order valence-electron chi connectivity index (χ2n) is 7.00. The van der Waals surface area contributed by atoms with Crippen molar-refractivity contribution < 1.29 is 17.6 Å². The minimum Gasteiger partial charge on any atom is -0.326 e. The third-order valence-electron chi connectivity index (χ3n) is 4.94. The van der Waals surface area contributed by atoms with Gasteiger partial charge in [-0.3, -0.25) is 4.79 Å². The molecule has 150 valence electrons. The largest absolute Gasteiger partial charge is 0.326 e. The zero-order valence-electron chi connectivity index (χ0n) is 15.5. The molecule has 8 heteroatoms. The summed E-state index contributed by atoms with van der Waals surface area (Å²) >= 11 is 5.99. The fourth-order valence-corrected chi connectivity index (χ4v) is 4.98. The molecule has 1 aliphatic heterocycles. The minimum atomic E-state index is -3.51. The number of hydrogen-bond acceptors (Lipinski definition) is 3. The van der Waals surface area contributed by atoms with Crippen LogP contribution in [0, 0.1) is 18.7 Å². The molecule has 1 saturated heterocycles. The van der Waals surface area contributed by atoms with Crippen LogP contribution in [0.2, 0.25) is 5.02 Å². The Morgan fingerprint density at radius 1 is 1.18 bits per heavy atom. The molecular weight excluding hydrogens is 403 g/mol. The molecule has 2 aromatic carbocycles. The van der Waals surface area contributed by atoms with Crippen LogP contribution in [0.15, 0.2) is 42.5 Å². The number of carbonyl (C=O) groups is 1. The Hall–Kier alpha value is -1.96. The summed E-state index contributed by atoms with van der Waals surface area (Å²) in [6.07, 6.45) is 0.905. The maximum absolute atomic E-state index is 13.0. The van der Waals surface area contributed by atoms with Crippen molar-refractivity contribution in [2.24, 2.45) is 5.92 Å². The highest BCUT2D eigenvalue weighted by molar-refractivity contribution is 7.88. The number of carbonyl (C=O) groups excluding carboxylic acids is 1. The van der Waals surface area contributed by atoms with Gasteiger partial charge in [0, 0.05) is 29.7 Å². The third-order valence-corrected chi connectivity index (χ3v) is 7.02. The first kappa shape index (κ1) is 20.8. The lowest BCUT2D eigenvalue weighted by atomic mass is 9.97. The van der Waals surface area contributed by atoms with Crippen LogP contribution >= 0.6 is 11.6 Å². The lowest BCUT2D eigenvalue weighted by Gasteiger charge is -2.30. The number of amides is 1. The van der Waals surface area contributed by atoms with E-state index in [-0.39, 0.29) is 30.7 Å². The quantitative estimate of drug-likeness (QED) is 0.789. The molecule has 0 aromatic heterocycles. The fourth-order valence-electron chi connectivity index (χ4n) is 3.24. The van der Waals surface area contributed by atoms with E-state index in [1.807, 2.05) is 13.0 Å². The second kappa shape index (κ2) is 8.59. The van der Waals surface area contributed by atoms with E-state index in [1.54, 1.807) is 12.1 Å². The minimum absolute atomic E-state index is 0.124. The average molecular weight is 425 g/mol. The maximum Gasteiger partial charge on any atom is 0.227 e. The van der Waals surface area contributed by atoms with Gasteiger partial charge in [-0.25, -0.2) is 17.1 Å². The number of aryl methyl sites for hydroxylation is 1. The molecule has 0 bridgehead atoms. The van der Waals surface area contributed by atoms with E-state index in [9.17, 15) is 17.6 Å². The highest BCUT2D eigenvalue weighted by Crippen LogP contribution is 2.25. The Morgan fingerprint density at radius 2 is 1.82 bits per heavy atom. The molecule has 3 rings (SSSR count). The fraction of sp³-hybridized carbons (Fsp3) is 0.350. The van der Waals surface area contributed by atoms with Crippen molar-refractivity contribution >= 4 is 33.2 Å². The van der Waals surface area contributed by atoms with Crippen LogP contribution in [0.1, 0.15) is 24.0 Å². The van der Waals surface area contributed by atoms with Gasteiger partial charge in [-0.05, 0) is 55.2 Å². The van der Waals surface area contributed by atoms with Crippen LogP contribution in [0.4, 0.5) is 10.1 Å². The average Bonchev–Trinajstić information content (AvgIpc) is 2.66. The first-order valence-corrected chi connectivity index (χ1v) is 11.0. The van der Waals surface area contributed by atoms with Crippen molar-refractivity contribution in [1.29, 1.82) is 0 Å². The number of hydrogen-bond donors (Lipinski definition) is 1. The Balaban J connectivity index is 1.58. The van der Waals surface area contributed by atoms with Crippen molar-refractivity contribution in [3.63, 3.8) is 0 Å². The molecule has 0 spiro atoms. The molecule has 0 radical (unpaired) electrons. The van der Waals surface area contributed by atoms with Crippen LogP contribution in [0.25, 0.3) is 0 Å². The van der Waals surface area contributed by atoms with Gasteiger partial charge in [0.15, 0.2) is 0 Å². The molecule has 28 heavy (non-hydrogen) atoms. The van der Waals surface area contributed by atoms with E-state index in [0.717, 1.165) is 5.56 Å². The van der Waals surface area contributed by atoms with Gasteiger partial charge in [-0.2, -0.15) is 0 Å². The standard InChI is InChI=1S/C20H22ClFN2O3S/c1-14-2-5-17(21)12-19(14)23-20(25)16-8-10-24(11-9-16)28(26,27)13-15-3-6-18(22)7-4-15/h2-7,12,16H,8-11,13H2,1H3,(H,23,25). The number of nitrogens with one attached hydrogen (secondary N) is 1. The Labute approximate surface area is 169 Å². The number of sulfonamides is 1. The number of rotatable bonds is 5. The van der Waals surface area contributed by atoms with Crippen LogP contribution < -0.4 is 5.32 Å². The summed E-state index contributed by atoms with van der Waals surface area (Å²) in [7, 11) is -3.51. The first-order chi connectivity index (χ1) is 13.2. The van der Waals surface area contributed by atoms with Gasteiger partial charge in [-0.1, -0.05) is 29.8 Å². The molecule has 0 saturated carbocycles. The Morgan fingerprint density at radius 3 is 2.46 bits per heavy atom. The maximum atomic E-state index is 13.0. The molecule has 0 atom stereocenters. The van der Waals surface area contributed by atoms with E-state index >= 15 is 0 Å². The van der Waals surface area contributed by atoms with E-state index in [2.05, 4.69) is 5.32 Å². The van der Waals surface area contributed by atoms with E-state index in [1.165, 1.54) is 28.6 Å². The van der Waals surface area contributed by atoms with E-state index in [0.29, 0.717) is 29.1 Å². The van der Waals surface area contributed by atoms with Crippen LogP contribution in [0.5, 0.6) is 0 Å². The van der Waals surface area contributed by atoms with Crippen LogP contribution in [0.3, 0.4) is 0 Å². The van der Waals surface area contributed by atoms with Crippen molar-refractivity contribution in [3.8, 4) is 0 Å². The zero-order valence-corrected chi connectivity index (χ0v) is 17.1. The highest BCUT2D eigenvalue weighted by Gasteiger charge is 2.31. The number of benzene rings is 2. The summed E-state index contributed by atoms with van der Waals surface area (Å²) in [6, 6.07) is 10.7. The van der Waals surface area contributed by atoms with Crippen LogP contribution in [-0.2, 0) is 20.6 Å². The highest BCUT2D eigenvalue weighted by atomic mass is 35.5.